The van der Waals surface area contributed by atoms with Crippen molar-refractivity contribution in [1.82, 2.24) is 14.9 Å². The summed E-state index contributed by atoms with van der Waals surface area (Å²) in [6.45, 7) is 0.373. The van der Waals surface area contributed by atoms with Crippen LogP contribution in [0.1, 0.15) is 17.0 Å². The van der Waals surface area contributed by atoms with Crippen molar-refractivity contribution in [3.63, 3.8) is 0 Å². The number of amides is 2. The van der Waals surface area contributed by atoms with Crippen molar-refractivity contribution in [3.05, 3.63) is 83.3 Å². The number of hydrogen-bond acceptors (Lipinski definition) is 4. The summed E-state index contributed by atoms with van der Waals surface area (Å²) in [5.41, 5.74) is 3.71. The highest BCUT2D eigenvalue weighted by atomic mass is 35.5. The van der Waals surface area contributed by atoms with Gasteiger partial charge in [0.2, 0.25) is 0 Å². The molecule has 0 aliphatic carbocycles. The molecule has 0 unspecified atom stereocenters. The Bertz CT molecular complexity index is 1270. The molecule has 0 saturated heterocycles. The molecule has 2 amide bonds. The first-order chi connectivity index (χ1) is 16.0. The second-order valence-electron chi connectivity index (χ2n) is 7.57. The summed E-state index contributed by atoms with van der Waals surface area (Å²) in [4.78, 5) is 17.1. The molecule has 7 nitrogen and oxygen atoms in total. The lowest BCUT2D eigenvalue weighted by atomic mass is 9.92. The van der Waals surface area contributed by atoms with E-state index in [1.807, 2.05) is 37.5 Å². The summed E-state index contributed by atoms with van der Waals surface area (Å²) in [6.07, 6.45) is 5.68. The highest BCUT2D eigenvalue weighted by Gasteiger charge is 2.21. The highest BCUT2D eigenvalue weighted by molar-refractivity contribution is 6.32. The number of pyridine rings is 1. The molecule has 0 aliphatic heterocycles. The molecule has 0 saturated carbocycles. The van der Waals surface area contributed by atoms with Crippen LogP contribution in [0.25, 0.3) is 10.9 Å². The molecule has 2 aromatic carbocycles. The number of aromatic nitrogens is 2. The van der Waals surface area contributed by atoms with Crippen LogP contribution in [0.4, 0.5) is 10.5 Å². The van der Waals surface area contributed by atoms with Crippen molar-refractivity contribution in [1.29, 1.82) is 0 Å². The number of fused-ring (bicyclic) bond motifs is 1. The van der Waals surface area contributed by atoms with Crippen LogP contribution in [0.15, 0.2) is 67.1 Å². The van der Waals surface area contributed by atoms with E-state index in [1.54, 1.807) is 18.3 Å². The lowest BCUT2D eigenvalue weighted by Gasteiger charge is -2.19. The van der Waals surface area contributed by atoms with Gasteiger partial charge >= 0.3 is 6.03 Å². The van der Waals surface area contributed by atoms with Crippen LogP contribution >= 0.6 is 11.6 Å². The average molecular weight is 465 g/mol. The first-order valence-electron chi connectivity index (χ1n) is 10.4. The lowest BCUT2D eigenvalue weighted by molar-refractivity contribution is 0.251. The van der Waals surface area contributed by atoms with Crippen LogP contribution in [-0.4, -0.2) is 36.3 Å². The first kappa shape index (κ1) is 22.5. The summed E-state index contributed by atoms with van der Waals surface area (Å²) >= 11 is 6.23. The summed E-state index contributed by atoms with van der Waals surface area (Å²) < 4.78 is 12.7. The van der Waals surface area contributed by atoms with Gasteiger partial charge < -0.3 is 24.7 Å². The van der Waals surface area contributed by atoms with Gasteiger partial charge in [-0.15, -0.1) is 0 Å². The monoisotopic (exact) mass is 464 g/mol. The molecule has 4 aromatic rings. The van der Waals surface area contributed by atoms with Crippen molar-refractivity contribution < 1.29 is 14.3 Å². The van der Waals surface area contributed by atoms with Gasteiger partial charge in [-0.05, 0) is 29.3 Å². The Labute approximate surface area is 197 Å². The molecule has 8 heteroatoms. The van der Waals surface area contributed by atoms with Crippen LogP contribution < -0.4 is 20.1 Å². The average Bonchev–Trinajstić information content (AvgIpc) is 3.16. The third-order valence-electron chi connectivity index (χ3n) is 5.58. The molecule has 1 atom stereocenters. The maximum absolute atomic E-state index is 12.8. The number of ether oxygens (including phenoxy) is 2. The Balaban J connectivity index is 1.58. The maximum atomic E-state index is 12.8. The quantitative estimate of drug-likeness (QED) is 0.394. The number of methoxy groups -OCH3 is 2. The molecule has 2 heterocycles. The predicted octanol–water partition coefficient (Wildman–Crippen LogP) is 5.20. The molecular formula is C25H25ClN4O3. The minimum atomic E-state index is -0.372. The van der Waals surface area contributed by atoms with Gasteiger partial charge in [0.1, 0.15) is 11.5 Å². The molecule has 0 radical (unpaired) electrons. The summed E-state index contributed by atoms with van der Waals surface area (Å²) in [6, 6.07) is 15.0. The number of urea groups is 1. The molecule has 4 rings (SSSR count). The van der Waals surface area contributed by atoms with Crippen LogP contribution in [0.3, 0.4) is 0 Å². The van der Waals surface area contributed by atoms with Crippen molar-refractivity contribution in [2.24, 2.45) is 7.05 Å². The second kappa shape index (κ2) is 9.83. The van der Waals surface area contributed by atoms with E-state index in [9.17, 15) is 4.79 Å². The number of carbonyl (C=O) groups is 1. The molecular weight excluding hydrogens is 440 g/mol. The molecule has 33 heavy (non-hydrogen) atoms. The van der Waals surface area contributed by atoms with E-state index in [0.717, 1.165) is 22.0 Å². The fourth-order valence-corrected chi connectivity index (χ4v) is 4.20. The summed E-state index contributed by atoms with van der Waals surface area (Å²) in [5, 5.41) is 7.31. The van der Waals surface area contributed by atoms with Gasteiger partial charge in [0.25, 0.3) is 0 Å². The van der Waals surface area contributed by atoms with E-state index in [0.29, 0.717) is 28.8 Å². The number of halogens is 1. The Morgan fingerprint density at radius 1 is 1.12 bits per heavy atom. The zero-order chi connectivity index (χ0) is 23.4. The number of para-hydroxylation sites is 1. The Morgan fingerprint density at radius 3 is 2.64 bits per heavy atom. The van der Waals surface area contributed by atoms with Gasteiger partial charge in [-0.25, -0.2) is 4.79 Å². The number of aryl methyl sites for hydroxylation is 1. The van der Waals surface area contributed by atoms with Gasteiger partial charge in [-0.3, -0.25) is 4.98 Å². The summed E-state index contributed by atoms with van der Waals surface area (Å²) in [7, 11) is 5.06. The normalized spacial score (nSPS) is 11.8. The van der Waals surface area contributed by atoms with E-state index in [4.69, 9.17) is 21.1 Å². The minimum Gasteiger partial charge on any atom is -0.495 e. The van der Waals surface area contributed by atoms with E-state index in [-0.39, 0.29) is 11.9 Å². The highest BCUT2D eigenvalue weighted by Crippen LogP contribution is 2.36. The van der Waals surface area contributed by atoms with Crippen molar-refractivity contribution in [3.8, 4) is 11.5 Å². The van der Waals surface area contributed by atoms with Gasteiger partial charge in [0, 0.05) is 55.1 Å². The topological polar surface area (TPSA) is 77.4 Å². The van der Waals surface area contributed by atoms with Gasteiger partial charge in [0.15, 0.2) is 0 Å². The predicted molar refractivity (Wildman–Crippen MR) is 131 cm³/mol. The van der Waals surface area contributed by atoms with Crippen LogP contribution in [0.2, 0.25) is 5.02 Å². The number of anilines is 1. The van der Waals surface area contributed by atoms with Gasteiger partial charge in [-0.2, -0.15) is 0 Å². The van der Waals surface area contributed by atoms with E-state index in [2.05, 4.69) is 38.5 Å². The van der Waals surface area contributed by atoms with Gasteiger partial charge in [-0.1, -0.05) is 35.9 Å². The fourth-order valence-electron chi connectivity index (χ4n) is 3.96. The number of rotatable bonds is 7. The van der Waals surface area contributed by atoms with E-state index in [1.165, 1.54) is 14.2 Å². The molecule has 2 aromatic heterocycles. The van der Waals surface area contributed by atoms with Crippen molar-refractivity contribution >= 4 is 34.2 Å². The van der Waals surface area contributed by atoms with Crippen molar-refractivity contribution in [2.45, 2.75) is 5.92 Å². The zero-order valence-corrected chi connectivity index (χ0v) is 19.4. The number of nitrogens with zero attached hydrogens (tertiary/aromatic N) is 2. The smallest absolute Gasteiger partial charge is 0.319 e. The lowest BCUT2D eigenvalue weighted by Crippen LogP contribution is -2.33. The third kappa shape index (κ3) is 4.73. The standard InChI is InChI=1S/C25H25ClN4O3/c1-30-15-19(17-8-4-5-9-22(17)30)18(16-7-6-10-27-13-16)14-28-25(31)29-21-11-20(26)23(32-2)12-24(21)33-3/h4-13,15,18H,14H2,1-3H3,(H2,28,29,31)/t18-/m0/s1. The molecule has 0 aliphatic rings. The number of hydrogen-bond donors (Lipinski definition) is 2. The van der Waals surface area contributed by atoms with E-state index >= 15 is 0 Å². The Morgan fingerprint density at radius 2 is 1.91 bits per heavy atom. The molecule has 170 valence electrons. The largest absolute Gasteiger partial charge is 0.495 e. The fraction of sp³-hybridized carbons (Fsp3) is 0.200. The van der Waals surface area contributed by atoms with Gasteiger partial charge in [0.05, 0.1) is 24.9 Å². The third-order valence-corrected chi connectivity index (χ3v) is 5.87. The molecule has 0 fully saturated rings. The molecule has 2 N–H and O–H groups in total. The number of carbonyl (C=O) groups excluding carboxylic acids is 1. The number of benzene rings is 2. The first-order valence-corrected chi connectivity index (χ1v) is 10.8. The van der Waals surface area contributed by atoms with Crippen molar-refractivity contribution in [2.75, 3.05) is 26.1 Å². The maximum Gasteiger partial charge on any atom is 0.319 e. The second-order valence-corrected chi connectivity index (χ2v) is 7.98. The molecule has 0 bridgehead atoms. The zero-order valence-electron chi connectivity index (χ0n) is 18.6. The SMILES string of the molecule is COc1cc(OC)c(NC(=O)NC[C@@H](c2cccnc2)c2cn(C)c3ccccc23)cc1Cl. The van der Waals surface area contributed by atoms with E-state index < -0.39 is 0 Å². The van der Waals surface area contributed by atoms with Crippen LogP contribution in [0, 0.1) is 0 Å². The minimum absolute atomic E-state index is 0.0862. The summed E-state index contributed by atoms with van der Waals surface area (Å²) in [5.74, 6) is 0.827. The Kier molecular flexibility index (Phi) is 6.70. The van der Waals surface area contributed by atoms with Crippen LogP contribution in [-0.2, 0) is 7.05 Å². The van der Waals surface area contributed by atoms with Crippen LogP contribution in [0.5, 0.6) is 11.5 Å². The number of nitrogens with one attached hydrogen (secondary N) is 2. The molecule has 0 spiro atoms. The Hall–Kier alpha value is -3.71.